The highest BCUT2D eigenvalue weighted by Crippen LogP contribution is 2.38. The zero-order valence-corrected chi connectivity index (χ0v) is 48.8. The van der Waals surface area contributed by atoms with Crippen LogP contribution in [-0.4, -0.2) is 69.4 Å². The van der Waals surface area contributed by atoms with Crippen LogP contribution >= 0.6 is 7.82 Å². The number of amides is 1. The second-order valence-electron chi connectivity index (χ2n) is 22.2. The third-order valence-electron chi connectivity index (χ3n) is 13.9. The molecule has 3 unspecified atom stereocenters. The number of rotatable bonds is 56. The van der Waals surface area contributed by atoms with Gasteiger partial charge in [-0.15, -0.1) is 0 Å². The van der Waals surface area contributed by atoms with Crippen LogP contribution in [0.5, 0.6) is 0 Å². The number of quaternary nitrogens is 1. The lowest BCUT2D eigenvalue weighted by Crippen LogP contribution is -2.47. The van der Waals surface area contributed by atoms with E-state index in [4.69, 9.17) is 13.8 Å². The van der Waals surface area contributed by atoms with Gasteiger partial charge in [-0.1, -0.05) is 257 Å². The minimum atomic E-state index is -4.69. The minimum Gasteiger partial charge on any atom is -0.756 e. The van der Waals surface area contributed by atoms with Crippen molar-refractivity contribution in [2.75, 3.05) is 40.9 Å². The number of ether oxygens (including phenoxy) is 1. The van der Waals surface area contributed by atoms with Crippen LogP contribution in [0.2, 0.25) is 0 Å². The molecule has 0 saturated heterocycles. The molecule has 0 rings (SSSR count). The van der Waals surface area contributed by atoms with Gasteiger partial charge in [0.2, 0.25) is 5.91 Å². The molecule has 0 saturated carbocycles. The zero-order valence-electron chi connectivity index (χ0n) is 48.0. The van der Waals surface area contributed by atoms with E-state index in [0.29, 0.717) is 17.4 Å². The molecule has 0 aliphatic carbocycles. The molecule has 0 bridgehead atoms. The quantitative estimate of drug-likeness (QED) is 0.0212. The zero-order chi connectivity index (χ0) is 52.2. The summed E-state index contributed by atoms with van der Waals surface area (Å²) in [5.74, 6) is -0.531. The highest BCUT2D eigenvalue weighted by Gasteiger charge is 2.27. The molecule has 1 N–H and O–H groups in total. The van der Waals surface area contributed by atoms with Gasteiger partial charge in [-0.05, 0) is 57.4 Å². The van der Waals surface area contributed by atoms with Crippen molar-refractivity contribution in [1.82, 2.24) is 5.32 Å². The molecule has 0 spiro atoms. The van der Waals surface area contributed by atoms with Gasteiger partial charge in [0.05, 0.1) is 33.8 Å². The molecule has 0 radical (unpaired) electrons. The summed E-state index contributed by atoms with van der Waals surface area (Å²) in [6.45, 7) is 6.87. The topological polar surface area (TPSA) is 114 Å². The fraction of sp³-hybridized carbons (Fsp3) is 0.902. The number of unbranched alkanes of at least 4 members (excludes halogenated alkanes) is 38. The first-order valence-electron chi connectivity index (χ1n) is 30.6. The molecule has 0 aromatic rings. The molecule has 1 amide bonds. The summed E-state index contributed by atoms with van der Waals surface area (Å²) in [5, 5.41) is 3.03. The fourth-order valence-electron chi connectivity index (χ4n) is 9.11. The van der Waals surface area contributed by atoms with E-state index in [9.17, 15) is 19.0 Å². The molecule has 0 aromatic heterocycles. The Kier molecular flexibility index (Phi) is 50.8. The lowest BCUT2D eigenvalue weighted by atomic mass is 10.0. The van der Waals surface area contributed by atoms with Crippen LogP contribution in [-0.2, 0) is 27.9 Å². The molecular weight excluding hydrogens is 904 g/mol. The normalized spacial score (nSPS) is 13.8. The SMILES string of the molecule is CCCCCCCC/C=C/CCCCCCCCCC(=O)NC(COP(=O)([O-])OCC[N+](C)(C)C)C(/C=C/CCCCCCCCCCC)OC(=O)CCCCCCCCCCCCCCCCCCC. The van der Waals surface area contributed by atoms with Crippen molar-refractivity contribution in [2.24, 2.45) is 0 Å². The van der Waals surface area contributed by atoms with Gasteiger partial charge in [-0.2, -0.15) is 0 Å². The summed E-state index contributed by atoms with van der Waals surface area (Å²) in [6, 6.07) is -0.884. The van der Waals surface area contributed by atoms with Gasteiger partial charge >= 0.3 is 5.97 Å². The van der Waals surface area contributed by atoms with Crippen molar-refractivity contribution in [3.8, 4) is 0 Å². The van der Waals surface area contributed by atoms with Gasteiger partial charge in [-0.3, -0.25) is 14.2 Å². The smallest absolute Gasteiger partial charge is 0.306 e. The second-order valence-corrected chi connectivity index (χ2v) is 23.6. The van der Waals surface area contributed by atoms with Crippen LogP contribution < -0.4 is 10.2 Å². The Morgan fingerprint density at radius 1 is 0.479 bits per heavy atom. The molecule has 0 aromatic carbocycles. The lowest BCUT2D eigenvalue weighted by molar-refractivity contribution is -0.870. The number of likely N-dealkylation sites (N-methyl/N-ethyl adjacent to an activating group) is 1. The largest absolute Gasteiger partial charge is 0.756 e. The third-order valence-corrected chi connectivity index (χ3v) is 14.8. The van der Waals surface area contributed by atoms with Crippen LogP contribution in [0.25, 0.3) is 0 Å². The van der Waals surface area contributed by atoms with Crippen molar-refractivity contribution in [1.29, 1.82) is 0 Å². The molecule has 9 nitrogen and oxygen atoms in total. The summed E-state index contributed by atoms with van der Waals surface area (Å²) in [6.07, 6.45) is 59.9. The van der Waals surface area contributed by atoms with E-state index in [2.05, 4.69) is 38.2 Å². The predicted molar refractivity (Wildman–Crippen MR) is 303 cm³/mol. The van der Waals surface area contributed by atoms with Crippen LogP contribution in [0, 0.1) is 0 Å². The molecule has 0 heterocycles. The minimum absolute atomic E-state index is 0.0198. The number of phosphoric acid groups is 1. The Hall–Kier alpha value is -1.51. The Bertz CT molecular complexity index is 1270. The first-order chi connectivity index (χ1) is 34.4. The Balaban J connectivity index is 5.22. The average Bonchev–Trinajstić information content (AvgIpc) is 3.33. The maximum atomic E-state index is 13.5. The number of carbonyl (C=O) groups excluding carboxylic acids is 2. The fourth-order valence-corrected chi connectivity index (χ4v) is 9.83. The number of nitrogens with zero attached hydrogens (tertiary/aromatic N) is 1. The molecule has 0 aliphatic rings. The number of nitrogens with one attached hydrogen (secondary N) is 1. The van der Waals surface area contributed by atoms with E-state index in [0.717, 1.165) is 70.6 Å². The van der Waals surface area contributed by atoms with Crippen molar-refractivity contribution in [2.45, 2.75) is 315 Å². The number of carbonyl (C=O) groups is 2. The monoisotopic (exact) mass is 1020 g/mol. The van der Waals surface area contributed by atoms with Gasteiger partial charge in [-0.25, -0.2) is 0 Å². The molecule has 10 heteroatoms. The number of phosphoric ester groups is 1. The van der Waals surface area contributed by atoms with E-state index in [1.165, 1.54) is 199 Å². The number of allylic oxidation sites excluding steroid dienone is 3. The first kappa shape index (κ1) is 69.5. The van der Waals surface area contributed by atoms with Crippen molar-refractivity contribution < 1.29 is 37.3 Å². The molecular formula is C61H119N2O7P. The standard InChI is InChI=1S/C61H119N2O7P/c1-7-10-13-16-19-22-25-27-29-31-33-35-38-41-44-47-50-53-60(64)62-58(57-69-71(66,67)68-56-55-63(4,5)6)59(52-49-46-43-40-37-24-21-18-15-12-9-3)70-61(65)54-51-48-45-42-39-36-34-32-30-28-26-23-20-17-14-11-8-2/h27,29,49,52,58-59H,7-26,28,30-48,50-51,53-57H2,1-6H3,(H-,62,64,66,67)/b29-27+,52-49+. The maximum absolute atomic E-state index is 13.5. The molecule has 71 heavy (non-hydrogen) atoms. The van der Waals surface area contributed by atoms with E-state index in [-0.39, 0.29) is 31.5 Å². The molecule has 3 atom stereocenters. The highest BCUT2D eigenvalue weighted by molar-refractivity contribution is 7.45. The number of esters is 1. The molecule has 420 valence electrons. The third kappa shape index (κ3) is 53.1. The number of hydrogen-bond acceptors (Lipinski definition) is 7. The van der Waals surface area contributed by atoms with Crippen molar-refractivity contribution >= 4 is 19.7 Å². The van der Waals surface area contributed by atoms with Crippen LogP contribution in [0.15, 0.2) is 24.3 Å². The van der Waals surface area contributed by atoms with Crippen LogP contribution in [0.4, 0.5) is 0 Å². The maximum Gasteiger partial charge on any atom is 0.306 e. The molecule has 0 aliphatic heterocycles. The summed E-state index contributed by atoms with van der Waals surface area (Å²) in [5.41, 5.74) is 0. The summed E-state index contributed by atoms with van der Waals surface area (Å²) >= 11 is 0. The van der Waals surface area contributed by atoms with E-state index in [1.54, 1.807) is 0 Å². The van der Waals surface area contributed by atoms with E-state index < -0.39 is 20.0 Å². The first-order valence-corrected chi connectivity index (χ1v) is 32.1. The Morgan fingerprint density at radius 3 is 1.20 bits per heavy atom. The van der Waals surface area contributed by atoms with Crippen molar-refractivity contribution in [3.63, 3.8) is 0 Å². The van der Waals surface area contributed by atoms with Gasteiger partial charge in [0.15, 0.2) is 0 Å². The van der Waals surface area contributed by atoms with E-state index in [1.807, 2.05) is 33.3 Å². The van der Waals surface area contributed by atoms with Crippen LogP contribution in [0.3, 0.4) is 0 Å². The van der Waals surface area contributed by atoms with Crippen LogP contribution in [0.1, 0.15) is 303 Å². The van der Waals surface area contributed by atoms with E-state index >= 15 is 0 Å². The summed E-state index contributed by atoms with van der Waals surface area (Å²) in [7, 11) is 1.20. The predicted octanol–water partition coefficient (Wildman–Crippen LogP) is 17.9. The van der Waals surface area contributed by atoms with Gasteiger partial charge < -0.3 is 28.5 Å². The van der Waals surface area contributed by atoms with Crippen molar-refractivity contribution in [3.05, 3.63) is 24.3 Å². The van der Waals surface area contributed by atoms with Gasteiger partial charge in [0.1, 0.15) is 19.3 Å². The highest BCUT2D eigenvalue weighted by atomic mass is 31.2. The lowest BCUT2D eigenvalue weighted by Gasteiger charge is -2.30. The Labute approximate surface area is 441 Å². The molecule has 0 fully saturated rings. The summed E-state index contributed by atoms with van der Waals surface area (Å²) < 4.78 is 30.3. The number of hydrogen-bond donors (Lipinski definition) is 1. The Morgan fingerprint density at radius 2 is 0.817 bits per heavy atom. The summed E-state index contributed by atoms with van der Waals surface area (Å²) in [4.78, 5) is 39.9. The van der Waals surface area contributed by atoms with Gasteiger partial charge in [0, 0.05) is 12.8 Å². The average molecular weight is 1020 g/mol. The van der Waals surface area contributed by atoms with Gasteiger partial charge in [0.25, 0.3) is 7.82 Å². The second kappa shape index (κ2) is 52.0.